The third kappa shape index (κ3) is 5.41. The maximum absolute atomic E-state index is 13.7. The highest BCUT2D eigenvalue weighted by atomic mass is 35.5. The van der Waals surface area contributed by atoms with Crippen molar-refractivity contribution in [2.45, 2.75) is 12.6 Å². The summed E-state index contributed by atoms with van der Waals surface area (Å²) in [4.78, 5) is 34.5. The van der Waals surface area contributed by atoms with E-state index in [1.807, 2.05) is 10.9 Å². The number of carbonyl (C=O) groups is 2. The number of aromatic nitrogens is 2. The minimum Gasteiger partial charge on any atom is -0.273 e. The Morgan fingerprint density at radius 3 is 2.21 bits per heavy atom. The van der Waals surface area contributed by atoms with Crippen LogP contribution in [0.5, 0.6) is 0 Å². The molecule has 2 N–H and O–H groups in total. The van der Waals surface area contributed by atoms with E-state index in [-0.39, 0.29) is 33.4 Å². The Morgan fingerprint density at radius 1 is 1.06 bits per heavy atom. The molecule has 0 unspecified atom stereocenters. The molecule has 172 valence electrons. The number of amides is 2. The second-order valence-electron chi connectivity index (χ2n) is 6.47. The van der Waals surface area contributed by atoms with Crippen molar-refractivity contribution in [2.24, 2.45) is 0 Å². The van der Waals surface area contributed by atoms with Crippen molar-refractivity contribution in [1.29, 1.82) is 0 Å². The fraction of sp³-hybridized carbons (Fsp3) is 0.105. The van der Waals surface area contributed by atoms with E-state index in [1.54, 1.807) is 6.07 Å². The first-order valence-electron chi connectivity index (χ1n) is 8.91. The maximum atomic E-state index is 13.7. The van der Waals surface area contributed by atoms with Gasteiger partial charge in [-0.15, -0.1) is 0 Å². The molecule has 2 aromatic carbocycles. The zero-order valence-electron chi connectivity index (χ0n) is 16.2. The normalized spacial score (nSPS) is 11.2. The molecule has 0 saturated carbocycles. The molecule has 1 aromatic heterocycles. The van der Waals surface area contributed by atoms with Crippen molar-refractivity contribution < 1.29 is 27.7 Å². The van der Waals surface area contributed by atoms with Crippen LogP contribution < -0.4 is 10.9 Å². The molecule has 0 aliphatic rings. The predicted octanol–water partition coefficient (Wildman–Crippen LogP) is 4.11. The first-order chi connectivity index (χ1) is 15.5. The Balaban J connectivity index is 1.80. The number of alkyl halides is 3. The molecule has 9 nitrogen and oxygen atoms in total. The number of halogens is 5. The minimum atomic E-state index is -5.01. The average Bonchev–Trinajstić information content (AvgIpc) is 3.21. The summed E-state index contributed by atoms with van der Waals surface area (Å²) < 4.78 is 41.5. The second kappa shape index (κ2) is 9.46. The third-order valence-electron chi connectivity index (χ3n) is 4.30. The van der Waals surface area contributed by atoms with E-state index in [9.17, 15) is 32.9 Å². The van der Waals surface area contributed by atoms with E-state index in [4.69, 9.17) is 23.2 Å². The molecule has 0 saturated heterocycles. The van der Waals surface area contributed by atoms with Crippen LogP contribution in [-0.4, -0.2) is 26.5 Å². The summed E-state index contributed by atoms with van der Waals surface area (Å²) in [5.41, 5.74) is 1.35. The Labute approximate surface area is 193 Å². The fourth-order valence-electron chi connectivity index (χ4n) is 2.80. The van der Waals surface area contributed by atoms with Gasteiger partial charge in [-0.05, 0) is 29.8 Å². The molecule has 2 amide bonds. The molecule has 0 fully saturated rings. The van der Waals surface area contributed by atoms with Crippen LogP contribution in [0.3, 0.4) is 0 Å². The molecule has 3 rings (SSSR count). The van der Waals surface area contributed by atoms with E-state index in [1.165, 1.54) is 12.1 Å². The number of nitro groups is 1. The predicted molar refractivity (Wildman–Crippen MR) is 111 cm³/mol. The molecule has 0 spiro atoms. The largest absolute Gasteiger partial charge is 0.434 e. The van der Waals surface area contributed by atoms with Gasteiger partial charge in [0.05, 0.1) is 28.8 Å². The molecule has 0 atom stereocenters. The standard InChI is InChI=1S/C19H12Cl2F3N5O4/c20-14-2-1-3-15(21)12(14)8-16(30)26-27-18(31)13-9-25-28(17(13)19(22,23)24)10-4-6-11(7-5-10)29(32)33/h1-7,9H,8H2,(H,26,30)(H,27,31). The van der Waals surface area contributed by atoms with Crippen molar-refractivity contribution in [3.05, 3.63) is 85.6 Å². The molecule has 0 aliphatic carbocycles. The topological polar surface area (TPSA) is 119 Å². The van der Waals surface area contributed by atoms with Crippen LogP contribution in [0.2, 0.25) is 10.0 Å². The zero-order valence-corrected chi connectivity index (χ0v) is 17.7. The van der Waals surface area contributed by atoms with Gasteiger partial charge in [0.1, 0.15) is 0 Å². The highest BCUT2D eigenvalue weighted by Gasteiger charge is 2.40. The second-order valence-corrected chi connectivity index (χ2v) is 7.28. The van der Waals surface area contributed by atoms with Gasteiger partial charge in [0.25, 0.3) is 11.6 Å². The molecule has 0 bridgehead atoms. The van der Waals surface area contributed by atoms with Gasteiger partial charge in [0.15, 0.2) is 5.69 Å². The Bertz CT molecular complexity index is 1210. The zero-order chi connectivity index (χ0) is 24.3. The quantitative estimate of drug-likeness (QED) is 0.402. The molecule has 14 heteroatoms. The number of nitrogens with one attached hydrogen (secondary N) is 2. The number of hydrogen-bond acceptors (Lipinski definition) is 5. The van der Waals surface area contributed by atoms with Gasteiger partial charge in [-0.25, -0.2) is 4.68 Å². The summed E-state index contributed by atoms with van der Waals surface area (Å²) in [5.74, 6) is -2.07. The summed E-state index contributed by atoms with van der Waals surface area (Å²) in [6, 6.07) is 8.66. The number of nitrogens with zero attached hydrogens (tertiary/aromatic N) is 3. The summed E-state index contributed by atoms with van der Waals surface area (Å²) in [6.07, 6.45) is -4.69. The monoisotopic (exact) mass is 501 g/mol. The number of rotatable bonds is 5. The van der Waals surface area contributed by atoms with Crippen molar-refractivity contribution in [1.82, 2.24) is 20.6 Å². The van der Waals surface area contributed by atoms with Gasteiger partial charge in [-0.1, -0.05) is 29.3 Å². The van der Waals surface area contributed by atoms with Crippen LogP contribution in [-0.2, 0) is 17.4 Å². The van der Waals surface area contributed by atoms with Gasteiger partial charge < -0.3 is 0 Å². The molecular weight excluding hydrogens is 490 g/mol. The summed E-state index contributed by atoms with van der Waals surface area (Å²) in [5, 5.41) is 14.7. The van der Waals surface area contributed by atoms with Gasteiger partial charge in [-0.3, -0.25) is 30.6 Å². The molecular formula is C19H12Cl2F3N5O4. The van der Waals surface area contributed by atoms with Crippen molar-refractivity contribution >= 4 is 40.7 Å². The van der Waals surface area contributed by atoms with Crippen LogP contribution in [0.1, 0.15) is 21.6 Å². The maximum Gasteiger partial charge on any atom is 0.434 e. The van der Waals surface area contributed by atoms with E-state index in [0.717, 1.165) is 24.3 Å². The lowest BCUT2D eigenvalue weighted by Crippen LogP contribution is -2.43. The van der Waals surface area contributed by atoms with Gasteiger partial charge in [0.2, 0.25) is 5.91 Å². The Kier molecular flexibility index (Phi) is 6.89. The first kappa shape index (κ1) is 24.0. The van der Waals surface area contributed by atoms with E-state index >= 15 is 0 Å². The number of hydrogen-bond donors (Lipinski definition) is 2. The van der Waals surface area contributed by atoms with Gasteiger partial charge >= 0.3 is 6.18 Å². The fourth-order valence-corrected chi connectivity index (χ4v) is 3.33. The SMILES string of the molecule is O=C(Cc1c(Cl)cccc1Cl)NNC(=O)c1cnn(-c2ccc([N+](=O)[O-])cc2)c1C(F)(F)F. The van der Waals surface area contributed by atoms with Gasteiger partial charge in [0, 0.05) is 22.2 Å². The van der Waals surface area contributed by atoms with Crippen molar-refractivity contribution in [2.75, 3.05) is 0 Å². The number of carbonyl (C=O) groups excluding carboxylic acids is 2. The molecule has 3 aromatic rings. The Hall–Kier alpha value is -3.64. The minimum absolute atomic E-state index is 0.163. The van der Waals surface area contributed by atoms with Crippen LogP contribution in [0.15, 0.2) is 48.7 Å². The number of hydrazine groups is 1. The summed E-state index contributed by atoms with van der Waals surface area (Å²) in [7, 11) is 0. The summed E-state index contributed by atoms with van der Waals surface area (Å²) >= 11 is 11.9. The van der Waals surface area contributed by atoms with Gasteiger partial charge in [-0.2, -0.15) is 18.3 Å². The Morgan fingerprint density at radius 2 is 1.67 bits per heavy atom. The highest BCUT2D eigenvalue weighted by molar-refractivity contribution is 6.36. The van der Waals surface area contributed by atoms with Crippen LogP contribution in [0, 0.1) is 10.1 Å². The summed E-state index contributed by atoms with van der Waals surface area (Å²) in [6.45, 7) is 0. The first-order valence-corrected chi connectivity index (χ1v) is 9.66. The lowest BCUT2D eigenvalue weighted by molar-refractivity contribution is -0.384. The molecule has 33 heavy (non-hydrogen) atoms. The molecule has 0 radical (unpaired) electrons. The van der Waals surface area contributed by atoms with Crippen LogP contribution in [0.25, 0.3) is 5.69 Å². The number of non-ortho nitro benzene ring substituents is 1. The average molecular weight is 502 g/mol. The molecule has 1 heterocycles. The van der Waals surface area contributed by atoms with E-state index in [2.05, 4.69) is 5.10 Å². The van der Waals surface area contributed by atoms with Crippen LogP contribution in [0.4, 0.5) is 18.9 Å². The smallest absolute Gasteiger partial charge is 0.273 e. The highest BCUT2D eigenvalue weighted by Crippen LogP contribution is 2.34. The third-order valence-corrected chi connectivity index (χ3v) is 5.01. The van der Waals surface area contributed by atoms with Crippen molar-refractivity contribution in [3.63, 3.8) is 0 Å². The lowest BCUT2D eigenvalue weighted by Gasteiger charge is -2.13. The molecule has 0 aliphatic heterocycles. The lowest BCUT2D eigenvalue weighted by atomic mass is 10.1. The van der Waals surface area contributed by atoms with Crippen LogP contribution >= 0.6 is 23.2 Å². The van der Waals surface area contributed by atoms with Crippen molar-refractivity contribution in [3.8, 4) is 5.69 Å². The van der Waals surface area contributed by atoms with E-state index in [0.29, 0.717) is 10.9 Å². The number of benzene rings is 2. The van der Waals surface area contributed by atoms with E-state index < -0.39 is 34.2 Å². The number of nitro benzene ring substituents is 1.